The van der Waals surface area contributed by atoms with Crippen molar-refractivity contribution in [3.8, 4) is 5.75 Å². The Bertz CT molecular complexity index is 327. The fourth-order valence-electron chi connectivity index (χ4n) is 0.902. The molecule has 0 saturated heterocycles. The number of methoxy groups -OCH3 is 1. The van der Waals surface area contributed by atoms with Crippen LogP contribution in [0.3, 0.4) is 0 Å². The third-order valence-corrected chi connectivity index (χ3v) is 1.92. The van der Waals surface area contributed by atoms with Crippen molar-refractivity contribution in [3.63, 3.8) is 0 Å². The Hall–Kier alpha value is -1.23. The van der Waals surface area contributed by atoms with Gasteiger partial charge in [-0.25, -0.2) is 4.79 Å². The predicted octanol–water partition coefficient (Wildman–Crippen LogP) is 2.37. The van der Waals surface area contributed by atoms with Gasteiger partial charge in [0.15, 0.2) is 0 Å². The van der Waals surface area contributed by atoms with E-state index in [2.05, 4.69) is 0 Å². The zero-order chi connectivity index (χ0) is 9.84. The quantitative estimate of drug-likeness (QED) is 0.817. The second-order valence-corrected chi connectivity index (χ2v) is 2.87. The Morgan fingerprint density at radius 1 is 1.62 bits per heavy atom. The van der Waals surface area contributed by atoms with Gasteiger partial charge < -0.3 is 9.84 Å². The van der Waals surface area contributed by atoms with Crippen LogP contribution in [0.15, 0.2) is 23.1 Å². The van der Waals surface area contributed by atoms with Crippen LogP contribution in [0, 0.1) is 0 Å². The molecule has 0 atom stereocenters. The summed E-state index contributed by atoms with van der Waals surface area (Å²) in [6, 6.07) is 4.10. The van der Waals surface area contributed by atoms with Gasteiger partial charge in [0.2, 0.25) is 0 Å². The molecule has 5 heteroatoms. The van der Waals surface area contributed by atoms with E-state index in [4.69, 9.17) is 9.84 Å². The maximum Gasteiger partial charge on any atom is 0.339 e. The average Bonchev–Trinajstić information content (AvgIpc) is 2.16. The molecular formula is C8H7FO3S. The molecule has 0 unspecified atom stereocenters. The van der Waals surface area contributed by atoms with Crippen molar-refractivity contribution in [2.75, 3.05) is 7.11 Å². The molecule has 0 aliphatic heterocycles. The largest absolute Gasteiger partial charge is 0.496 e. The van der Waals surface area contributed by atoms with Crippen molar-refractivity contribution < 1.29 is 18.5 Å². The van der Waals surface area contributed by atoms with Gasteiger partial charge in [-0.15, -0.1) is 0 Å². The van der Waals surface area contributed by atoms with Crippen molar-refractivity contribution in [1.82, 2.24) is 0 Å². The molecule has 0 aliphatic rings. The number of hydrogen-bond acceptors (Lipinski definition) is 3. The molecule has 1 aromatic carbocycles. The molecule has 0 heterocycles. The molecule has 3 nitrogen and oxygen atoms in total. The van der Waals surface area contributed by atoms with E-state index in [1.165, 1.54) is 25.3 Å². The maximum atomic E-state index is 12.1. The molecule has 1 rings (SSSR count). The summed E-state index contributed by atoms with van der Waals surface area (Å²) in [6.07, 6.45) is 0. The molecule has 0 aliphatic carbocycles. The topological polar surface area (TPSA) is 46.5 Å². The Balaban J connectivity index is 3.18. The van der Waals surface area contributed by atoms with Crippen molar-refractivity contribution in [2.24, 2.45) is 0 Å². The number of halogens is 1. The number of ether oxygens (including phenoxy) is 1. The molecule has 1 aromatic rings. The lowest BCUT2D eigenvalue weighted by atomic mass is 10.2. The van der Waals surface area contributed by atoms with Gasteiger partial charge in [0, 0.05) is 4.90 Å². The van der Waals surface area contributed by atoms with Crippen molar-refractivity contribution >= 4 is 18.1 Å². The number of carboxylic acids is 1. The number of carbonyl (C=O) groups is 1. The number of rotatable bonds is 3. The smallest absolute Gasteiger partial charge is 0.339 e. The van der Waals surface area contributed by atoms with E-state index in [-0.39, 0.29) is 28.4 Å². The van der Waals surface area contributed by atoms with E-state index >= 15 is 0 Å². The second kappa shape index (κ2) is 4.13. The molecule has 0 spiro atoms. The first kappa shape index (κ1) is 9.85. The van der Waals surface area contributed by atoms with E-state index in [0.29, 0.717) is 0 Å². The molecule has 0 saturated carbocycles. The molecule has 0 fully saturated rings. The summed E-state index contributed by atoms with van der Waals surface area (Å²) >= 11 is 0.000673. The number of benzene rings is 1. The van der Waals surface area contributed by atoms with Gasteiger partial charge in [0.1, 0.15) is 11.3 Å². The van der Waals surface area contributed by atoms with Crippen molar-refractivity contribution in [3.05, 3.63) is 23.8 Å². The molecule has 0 aromatic heterocycles. The standard InChI is InChI=1S/C8H7FO3S/c1-12-7-3-2-5(13-9)4-6(7)8(10)11/h2-4H,1H3,(H,10,11). The SMILES string of the molecule is COc1ccc(SF)cc1C(=O)O. The molecule has 0 amide bonds. The zero-order valence-electron chi connectivity index (χ0n) is 6.78. The van der Waals surface area contributed by atoms with E-state index in [1.807, 2.05) is 0 Å². The summed E-state index contributed by atoms with van der Waals surface area (Å²) < 4.78 is 16.9. The highest BCUT2D eigenvalue weighted by atomic mass is 32.2. The first-order valence-electron chi connectivity index (χ1n) is 3.39. The number of hydrogen-bond donors (Lipinski definition) is 1. The summed E-state index contributed by atoms with van der Waals surface area (Å²) in [6.45, 7) is 0. The van der Waals surface area contributed by atoms with E-state index < -0.39 is 5.97 Å². The van der Waals surface area contributed by atoms with Crippen LogP contribution in [0.2, 0.25) is 0 Å². The Morgan fingerprint density at radius 2 is 2.31 bits per heavy atom. The van der Waals surface area contributed by atoms with Crippen LogP contribution in [-0.4, -0.2) is 18.2 Å². The molecule has 0 radical (unpaired) electrons. The fourth-order valence-corrected chi connectivity index (χ4v) is 1.18. The zero-order valence-corrected chi connectivity index (χ0v) is 7.60. The number of aromatic carboxylic acids is 1. The molecule has 0 bridgehead atoms. The van der Waals surface area contributed by atoms with Crippen LogP contribution in [0.25, 0.3) is 0 Å². The van der Waals surface area contributed by atoms with Gasteiger partial charge in [0.05, 0.1) is 19.3 Å². The average molecular weight is 202 g/mol. The lowest BCUT2D eigenvalue weighted by molar-refractivity contribution is 0.0693. The lowest BCUT2D eigenvalue weighted by Crippen LogP contribution is -2.00. The van der Waals surface area contributed by atoms with Gasteiger partial charge in [-0.3, -0.25) is 0 Å². The van der Waals surface area contributed by atoms with Crippen LogP contribution in [0.1, 0.15) is 10.4 Å². The highest BCUT2D eigenvalue weighted by Crippen LogP contribution is 2.26. The molecular weight excluding hydrogens is 195 g/mol. The third kappa shape index (κ3) is 2.12. The summed E-state index contributed by atoms with van der Waals surface area (Å²) in [5.74, 6) is -0.905. The molecule has 70 valence electrons. The van der Waals surface area contributed by atoms with Crippen LogP contribution < -0.4 is 4.74 Å². The van der Waals surface area contributed by atoms with E-state index in [1.54, 1.807) is 0 Å². The van der Waals surface area contributed by atoms with E-state index in [9.17, 15) is 8.68 Å². The predicted molar refractivity (Wildman–Crippen MR) is 46.9 cm³/mol. The first-order valence-corrected chi connectivity index (χ1v) is 4.10. The van der Waals surface area contributed by atoms with Crippen LogP contribution in [0.4, 0.5) is 3.89 Å². The Kier molecular flexibility index (Phi) is 3.13. The normalized spacial score (nSPS) is 9.69. The third-order valence-electron chi connectivity index (χ3n) is 1.49. The van der Waals surface area contributed by atoms with Gasteiger partial charge in [-0.2, -0.15) is 3.89 Å². The van der Waals surface area contributed by atoms with Crippen LogP contribution in [0.5, 0.6) is 5.75 Å². The Morgan fingerprint density at radius 3 is 2.77 bits per heavy atom. The minimum absolute atomic E-state index is 0.000673. The van der Waals surface area contributed by atoms with Gasteiger partial charge in [-0.1, -0.05) is 0 Å². The van der Waals surface area contributed by atoms with Crippen molar-refractivity contribution in [1.29, 1.82) is 0 Å². The van der Waals surface area contributed by atoms with Crippen LogP contribution >= 0.6 is 12.1 Å². The lowest BCUT2D eigenvalue weighted by Gasteiger charge is -2.04. The molecule has 1 N–H and O–H groups in total. The molecule has 13 heavy (non-hydrogen) atoms. The maximum absolute atomic E-state index is 12.1. The highest BCUT2D eigenvalue weighted by Gasteiger charge is 2.11. The minimum atomic E-state index is -1.13. The van der Waals surface area contributed by atoms with Gasteiger partial charge >= 0.3 is 5.97 Å². The highest BCUT2D eigenvalue weighted by molar-refractivity contribution is 7.94. The summed E-state index contributed by atoms with van der Waals surface area (Å²) in [7, 11) is 1.37. The minimum Gasteiger partial charge on any atom is -0.496 e. The summed E-state index contributed by atoms with van der Waals surface area (Å²) in [5.41, 5.74) is -0.0369. The van der Waals surface area contributed by atoms with E-state index in [0.717, 1.165) is 0 Å². The van der Waals surface area contributed by atoms with Crippen molar-refractivity contribution in [2.45, 2.75) is 4.90 Å². The summed E-state index contributed by atoms with van der Waals surface area (Å²) in [5, 5.41) is 8.71. The van der Waals surface area contributed by atoms with Gasteiger partial charge in [0.25, 0.3) is 0 Å². The van der Waals surface area contributed by atoms with Gasteiger partial charge in [-0.05, 0) is 18.2 Å². The fraction of sp³-hybridized carbons (Fsp3) is 0.125. The number of carboxylic acid groups (broad SMARTS) is 1. The second-order valence-electron chi connectivity index (χ2n) is 2.24. The summed E-state index contributed by atoms with van der Waals surface area (Å²) in [4.78, 5) is 10.9. The van der Waals surface area contributed by atoms with Crippen LogP contribution in [-0.2, 0) is 0 Å². The first-order chi connectivity index (χ1) is 6.19. The Labute approximate surface area is 78.8 Å². The monoisotopic (exact) mass is 202 g/mol.